The number of nitrogens with one attached hydrogen (secondary N) is 1. The van der Waals surface area contributed by atoms with E-state index < -0.39 is 0 Å². The zero-order valence-corrected chi connectivity index (χ0v) is 14.8. The Balaban J connectivity index is 1.71. The highest BCUT2D eigenvalue weighted by Gasteiger charge is 2.23. The highest BCUT2D eigenvalue weighted by Crippen LogP contribution is 2.24. The van der Waals surface area contributed by atoms with Crippen LogP contribution in [0.2, 0.25) is 0 Å². The lowest BCUT2D eigenvalue weighted by atomic mass is 10.1. The van der Waals surface area contributed by atoms with Gasteiger partial charge in [0.2, 0.25) is 0 Å². The molecule has 2 rings (SSSR count). The van der Waals surface area contributed by atoms with Crippen molar-refractivity contribution in [3.63, 3.8) is 0 Å². The van der Waals surface area contributed by atoms with Crippen molar-refractivity contribution in [1.82, 2.24) is 10.2 Å². The van der Waals surface area contributed by atoms with E-state index in [2.05, 4.69) is 54.2 Å². The predicted octanol–water partition coefficient (Wildman–Crippen LogP) is 2.70. The van der Waals surface area contributed by atoms with Gasteiger partial charge in [0.1, 0.15) is 0 Å². The number of nitriles is 1. The van der Waals surface area contributed by atoms with E-state index in [4.69, 9.17) is 5.26 Å². The SMILES string of the molecule is CC(C)NCCCN(C)C[C@H]1CCN(c2ccc(C#N)cc2)C1. The molecule has 4 heteroatoms. The second-order valence-corrected chi connectivity index (χ2v) is 6.98. The fourth-order valence-electron chi connectivity index (χ4n) is 3.23. The minimum absolute atomic E-state index is 0.580. The fraction of sp³-hybridized carbons (Fsp3) is 0.632. The Labute approximate surface area is 141 Å². The van der Waals surface area contributed by atoms with Crippen molar-refractivity contribution in [2.45, 2.75) is 32.7 Å². The maximum Gasteiger partial charge on any atom is 0.0991 e. The van der Waals surface area contributed by atoms with Crippen molar-refractivity contribution in [3.8, 4) is 6.07 Å². The normalized spacial score (nSPS) is 17.9. The van der Waals surface area contributed by atoms with Crippen molar-refractivity contribution in [2.75, 3.05) is 44.7 Å². The molecule has 0 amide bonds. The van der Waals surface area contributed by atoms with Gasteiger partial charge in [-0.2, -0.15) is 5.26 Å². The third kappa shape index (κ3) is 5.85. The van der Waals surface area contributed by atoms with Gasteiger partial charge < -0.3 is 15.1 Å². The number of rotatable bonds is 8. The molecule has 0 radical (unpaired) electrons. The van der Waals surface area contributed by atoms with E-state index in [-0.39, 0.29) is 0 Å². The molecule has 1 aromatic rings. The number of benzene rings is 1. The monoisotopic (exact) mass is 314 g/mol. The second kappa shape index (κ2) is 8.90. The second-order valence-electron chi connectivity index (χ2n) is 6.98. The quantitative estimate of drug-likeness (QED) is 0.749. The molecule has 0 spiro atoms. The molecule has 1 atom stereocenters. The van der Waals surface area contributed by atoms with E-state index in [1.54, 1.807) is 0 Å². The van der Waals surface area contributed by atoms with Gasteiger partial charge in [-0.3, -0.25) is 0 Å². The summed E-state index contributed by atoms with van der Waals surface area (Å²) in [5, 5.41) is 12.4. The molecule has 1 aromatic carbocycles. The van der Waals surface area contributed by atoms with Gasteiger partial charge in [-0.15, -0.1) is 0 Å². The number of hydrogen-bond donors (Lipinski definition) is 1. The summed E-state index contributed by atoms with van der Waals surface area (Å²) in [6, 6.07) is 10.7. The van der Waals surface area contributed by atoms with Crippen LogP contribution < -0.4 is 10.2 Å². The van der Waals surface area contributed by atoms with Gasteiger partial charge in [0.15, 0.2) is 0 Å². The van der Waals surface area contributed by atoms with Crippen LogP contribution in [-0.4, -0.2) is 50.7 Å². The molecule has 126 valence electrons. The van der Waals surface area contributed by atoms with Crippen LogP contribution in [0.4, 0.5) is 5.69 Å². The van der Waals surface area contributed by atoms with Crippen molar-refractivity contribution in [2.24, 2.45) is 5.92 Å². The molecule has 0 unspecified atom stereocenters. The first-order chi connectivity index (χ1) is 11.1. The predicted molar refractivity (Wildman–Crippen MR) is 96.7 cm³/mol. The Morgan fingerprint density at radius 3 is 2.74 bits per heavy atom. The highest BCUT2D eigenvalue weighted by molar-refractivity contribution is 5.50. The summed E-state index contributed by atoms with van der Waals surface area (Å²) < 4.78 is 0. The zero-order chi connectivity index (χ0) is 16.7. The number of anilines is 1. The standard InChI is InChI=1S/C19H30N4/c1-16(2)21-10-4-11-22(3)14-18-9-12-23(15-18)19-7-5-17(13-20)6-8-19/h5-8,16,18,21H,4,9-12,14-15H2,1-3H3/t18-/m1/s1. The van der Waals surface area contributed by atoms with Crippen LogP contribution in [0, 0.1) is 17.2 Å². The third-order valence-corrected chi connectivity index (χ3v) is 4.49. The molecular weight excluding hydrogens is 284 g/mol. The molecular formula is C19H30N4. The van der Waals surface area contributed by atoms with E-state index >= 15 is 0 Å². The van der Waals surface area contributed by atoms with Crippen molar-refractivity contribution in [1.29, 1.82) is 5.26 Å². The van der Waals surface area contributed by atoms with E-state index in [1.807, 2.05) is 12.1 Å². The topological polar surface area (TPSA) is 42.3 Å². The third-order valence-electron chi connectivity index (χ3n) is 4.49. The lowest BCUT2D eigenvalue weighted by Gasteiger charge is -2.22. The van der Waals surface area contributed by atoms with E-state index in [9.17, 15) is 0 Å². The van der Waals surface area contributed by atoms with Gasteiger partial charge in [0.05, 0.1) is 11.6 Å². The Bertz CT molecular complexity index is 503. The maximum absolute atomic E-state index is 8.88. The van der Waals surface area contributed by atoms with E-state index in [0.717, 1.165) is 37.7 Å². The van der Waals surface area contributed by atoms with Crippen LogP contribution in [0.3, 0.4) is 0 Å². The van der Waals surface area contributed by atoms with Crippen LogP contribution in [0.25, 0.3) is 0 Å². The maximum atomic E-state index is 8.88. The molecule has 1 saturated heterocycles. The van der Waals surface area contributed by atoms with Crippen molar-refractivity contribution in [3.05, 3.63) is 29.8 Å². The molecule has 1 aliphatic heterocycles. The first-order valence-electron chi connectivity index (χ1n) is 8.75. The zero-order valence-electron chi connectivity index (χ0n) is 14.8. The summed E-state index contributed by atoms with van der Waals surface area (Å²) in [6.45, 7) is 10.1. The van der Waals surface area contributed by atoms with Crippen molar-refractivity contribution < 1.29 is 0 Å². The molecule has 1 heterocycles. The Morgan fingerprint density at radius 1 is 1.35 bits per heavy atom. The summed E-state index contributed by atoms with van der Waals surface area (Å²) in [5.41, 5.74) is 1.98. The Morgan fingerprint density at radius 2 is 2.09 bits per heavy atom. The van der Waals surface area contributed by atoms with Crippen LogP contribution >= 0.6 is 0 Å². The van der Waals surface area contributed by atoms with Gasteiger partial charge in [0.25, 0.3) is 0 Å². The van der Waals surface area contributed by atoms with Gasteiger partial charge in [-0.25, -0.2) is 0 Å². The molecule has 1 aliphatic rings. The molecule has 0 aromatic heterocycles. The Kier molecular flexibility index (Phi) is 6.88. The van der Waals surface area contributed by atoms with E-state index in [0.29, 0.717) is 6.04 Å². The first kappa shape index (κ1) is 17.8. The average Bonchev–Trinajstić information content (AvgIpc) is 3.00. The van der Waals surface area contributed by atoms with E-state index in [1.165, 1.54) is 25.1 Å². The largest absolute Gasteiger partial charge is 0.371 e. The van der Waals surface area contributed by atoms with Gasteiger partial charge >= 0.3 is 0 Å². The number of hydrogen-bond acceptors (Lipinski definition) is 4. The van der Waals surface area contributed by atoms with Gasteiger partial charge in [-0.1, -0.05) is 13.8 Å². The molecule has 1 fully saturated rings. The van der Waals surface area contributed by atoms with Crippen LogP contribution in [0.1, 0.15) is 32.3 Å². The highest BCUT2D eigenvalue weighted by atomic mass is 15.2. The number of nitrogens with zero attached hydrogens (tertiary/aromatic N) is 3. The molecule has 0 bridgehead atoms. The summed E-state index contributed by atoms with van der Waals surface area (Å²) >= 11 is 0. The smallest absolute Gasteiger partial charge is 0.0991 e. The van der Waals surface area contributed by atoms with Crippen LogP contribution in [-0.2, 0) is 0 Å². The molecule has 0 saturated carbocycles. The summed E-state index contributed by atoms with van der Waals surface area (Å²) in [6.07, 6.45) is 2.47. The summed E-state index contributed by atoms with van der Waals surface area (Å²) in [7, 11) is 2.24. The van der Waals surface area contributed by atoms with Crippen molar-refractivity contribution >= 4 is 5.69 Å². The molecule has 0 aliphatic carbocycles. The lowest BCUT2D eigenvalue weighted by Crippen LogP contribution is -2.31. The summed E-state index contributed by atoms with van der Waals surface area (Å²) in [4.78, 5) is 4.91. The molecule has 1 N–H and O–H groups in total. The minimum Gasteiger partial charge on any atom is -0.371 e. The first-order valence-corrected chi connectivity index (χ1v) is 8.75. The summed E-state index contributed by atoms with van der Waals surface area (Å²) in [5.74, 6) is 0.744. The average molecular weight is 314 g/mol. The van der Waals surface area contributed by atoms with Crippen LogP contribution in [0.15, 0.2) is 24.3 Å². The van der Waals surface area contributed by atoms with Gasteiger partial charge in [-0.05, 0) is 63.2 Å². The van der Waals surface area contributed by atoms with Crippen LogP contribution in [0.5, 0.6) is 0 Å². The lowest BCUT2D eigenvalue weighted by molar-refractivity contribution is 0.281. The minimum atomic E-state index is 0.580. The fourth-order valence-corrected chi connectivity index (χ4v) is 3.23. The Hall–Kier alpha value is -1.57. The van der Waals surface area contributed by atoms with Gasteiger partial charge in [0, 0.05) is 31.4 Å². The molecule has 23 heavy (non-hydrogen) atoms. The molecule has 4 nitrogen and oxygen atoms in total.